The zero-order valence-electron chi connectivity index (χ0n) is 17.6. The minimum Gasteiger partial charge on any atom is -0.497 e. The molecule has 1 aliphatic heterocycles. The molecule has 0 N–H and O–H groups in total. The number of benzene rings is 3. The first-order chi connectivity index (χ1) is 15.4. The van der Waals surface area contributed by atoms with Crippen LogP contribution in [0.5, 0.6) is 23.0 Å². The van der Waals surface area contributed by atoms with Crippen molar-refractivity contribution in [3.05, 3.63) is 87.1 Å². The predicted molar refractivity (Wildman–Crippen MR) is 123 cm³/mol. The van der Waals surface area contributed by atoms with E-state index in [-0.39, 0.29) is 11.5 Å². The second-order valence-corrected chi connectivity index (χ2v) is 7.93. The van der Waals surface area contributed by atoms with Gasteiger partial charge in [-0.25, -0.2) is 4.79 Å². The Labute approximate surface area is 193 Å². The van der Waals surface area contributed by atoms with Crippen molar-refractivity contribution in [2.45, 2.75) is 6.92 Å². The maximum Gasteiger partial charge on any atom is 0.343 e. The SMILES string of the molecule is COc1ccc(/C=C2\Oc3c(ccc(OC(=O)c4ccc(Br)cc4)c3C)C2=O)c(OC)c1. The lowest BCUT2D eigenvalue weighted by Crippen LogP contribution is -2.09. The van der Waals surface area contributed by atoms with Crippen LogP contribution in [0.1, 0.15) is 31.8 Å². The van der Waals surface area contributed by atoms with Gasteiger partial charge in [0.25, 0.3) is 0 Å². The van der Waals surface area contributed by atoms with Crippen molar-refractivity contribution >= 4 is 33.8 Å². The van der Waals surface area contributed by atoms with Crippen LogP contribution >= 0.6 is 15.9 Å². The van der Waals surface area contributed by atoms with Gasteiger partial charge >= 0.3 is 5.97 Å². The molecule has 3 aromatic carbocycles. The Morgan fingerprint density at radius 3 is 2.41 bits per heavy atom. The van der Waals surface area contributed by atoms with Crippen LogP contribution in [-0.4, -0.2) is 26.0 Å². The van der Waals surface area contributed by atoms with Crippen molar-refractivity contribution in [1.29, 1.82) is 0 Å². The molecule has 4 rings (SSSR count). The average Bonchev–Trinajstić information content (AvgIpc) is 3.12. The number of methoxy groups -OCH3 is 2. The van der Waals surface area contributed by atoms with Crippen LogP contribution in [0.25, 0.3) is 6.08 Å². The number of fused-ring (bicyclic) bond motifs is 1. The summed E-state index contributed by atoms with van der Waals surface area (Å²) in [5, 5.41) is 0. The zero-order chi connectivity index (χ0) is 22.8. The summed E-state index contributed by atoms with van der Waals surface area (Å²) in [7, 11) is 3.11. The third-order valence-electron chi connectivity index (χ3n) is 5.05. The molecule has 1 aliphatic rings. The van der Waals surface area contributed by atoms with Gasteiger partial charge in [-0.1, -0.05) is 15.9 Å². The van der Waals surface area contributed by atoms with Gasteiger partial charge in [-0.3, -0.25) is 4.79 Å². The van der Waals surface area contributed by atoms with Crippen LogP contribution in [0.3, 0.4) is 0 Å². The highest BCUT2D eigenvalue weighted by Crippen LogP contribution is 2.40. The van der Waals surface area contributed by atoms with Gasteiger partial charge in [-0.05, 0) is 61.5 Å². The summed E-state index contributed by atoms with van der Waals surface area (Å²) in [6.07, 6.45) is 1.62. The van der Waals surface area contributed by atoms with Gasteiger partial charge in [0.15, 0.2) is 5.76 Å². The Balaban J connectivity index is 1.62. The number of carbonyl (C=O) groups excluding carboxylic acids is 2. The molecule has 0 saturated heterocycles. The van der Waals surface area contributed by atoms with Crippen molar-refractivity contribution in [3.8, 4) is 23.0 Å². The number of ether oxygens (including phenoxy) is 4. The first kappa shape index (κ1) is 21.6. The Hall–Kier alpha value is -3.58. The van der Waals surface area contributed by atoms with Gasteiger partial charge in [0.05, 0.1) is 25.3 Å². The first-order valence-electron chi connectivity index (χ1n) is 9.69. The molecule has 0 bridgehead atoms. The number of hydrogen-bond donors (Lipinski definition) is 0. The smallest absolute Gasteiger partial charge is 0.343 e. The third kappa shape index (κ3) is 4.11. The van der Waals surface area contributed by atoms with Gasteiger partial charge in [0, 0.05) is 21.7 Å². The van der Waals surface area contributed by atoms with Crippen molar-refractivity contribution < 1.29 is 28.5 Å². The quantitative estimate of drug-likeness (QED) is 0.260. The van der Waals surface area contributed by atoms with E-state index in [1.165, 1.54) is 0 Å². The average molecular weight is 495 g/mol. The fourth-order valence-corrected chi connectivity index (χ4v) is 3.57. The molecule has 0 aliphatic carbocycles. The summed E-state index contributed by atoms with van der Waals surface area (Å²) in [5.41, 5.74) is 2.05. The van der Waals surface area contributed by atoms with Gasteiger partial charge < -0.3 is 18.9 Å². The van der Waals surface area contributed by atoms with Gasteiger partial charge in [-0.2, -0.15) is 0 Å². The number of ketones is 1. The van der Waals surface area contributed by atoms with E-state index in [9.17, 15) is 9.59 Å². The monoisotopic (exact) mass is 494 g/mol. The summed E-state index contributed by atoms with van der Waals surface area (Å²) in [6.45, 7) is 1.74. The molecule has 1 heterocycles. The van der Waals surface area contributed by atoms with E-state index in [1.54, 1.807) is 81.8 Å². The third-order valence-corrected chi connectivity index (χ3v) is 5.58. The van der Waals surface area contributed by atoms with Gasteiger partial charge in [0.2, 0.25) is 5.78 Å². The summed E-state index contributed by atoms with van der Waals surface area (Å²) in [6, 6.07) is 15.3. The molecule has 0 unspecified atom stereocenters. The lowest BCUT2D eigenvalue weighted by molar-refractivity contribution is 0.0733. The molecule has 0 saturated carbocycles. The molecular formula is C25H19BrO6. The van der Waals surface area contributed by atoms with E-state index >= 15 is 0 Å². The minimum absolute atomic E-state index is 0.156. The molecule has 3 aromatic rings. The number of carbonyl (C=O) groups is 2. The van der Waals surface area contributed by atoms with Crippen molar-refractivity contribution in [1.82, 2.24) is 0 Å². The highest BCUT2D eigenvalue weighted by Gasteiger charge is 2.31. The van der Waals surface area contributed by atoms with Crippen LogP contribution in [-0.2, 0) is 0 Å². The highest BCUT2D eigenvalue weighted by atomic mass is 79.9. The molecule has 162 valence electrons. The molecule has 0 fully saturated rings. The van der Waals surface area contributed by atoms with Gasteiger partial charge in [0.1, 0.15) is 23.0 Å². The maximum absolute atomic E-state index is 12.9. The molecule has 0 aromatic heterocycles. The van der Waals surface area contributed by atoms with E-state index in [2.05, 4.69) is 15.9 Å². The fraction of sp³-hybridized carbons (Fsp3) is 0.120. The van der Waals surface area contributed by atoms with Crippen molar-refractivity contribution in [2.75, 3.05) is 14.2 Å². The Kier molecular flexibility index (Phi) is 6.01. The fourth-order valence-electron chi connectivity index (χ4n) is 3.30. The number of allylic oxidation sites excluding steroid dienone is 1. The van der Waals surface area contributed by atoms with Crippen LogP contribution in [0.15, 0.2) is 64.8 Å². The normalized spacial score (nSPS) is 13.5. The maximum atomic E-state index is 12.9. The highest BCUT2D eigenvalue weighted by molar-refractivity contribution is 9.10. The number of esters is 1. The van der Waals surface area contributed by atoms with Crippen molar-refractivity contribution in [3.63, 3.8) is 0 Å². The zero-order valence-corrected chi connectivity index (χ0v) is 19.2. The Bertz CT molecular complexity index is 1240. The van der Waals surface area contributed by atoms with Crippen LogP contribution in [0, 0.1) is 6.92 Å². The summed E-state index contributed by atoms with van der Waals surface area (Å²) < 4.78 is 22.9. The lowest BCUT2D eigenvalue weighted by atomic mass is 10.1. The Morgan fingerprint density at radius 2 is 1.72 bits per heavy atom. The minimum atomic E-state index is -0.497. The second-order valence-electron chi connectivity index (χ2n) is 7.01. The van der Waals surface area contributed by atoms with E-state index in [0.29, 0.717) is 45.3 Å². The molecule has 6 nitrogen and oxygen atoms in total. The lowest BCUT2D eigenvalue weighted by Gasteiger charge is -2.10. The molecule has 7 heteroatoms. The summed E-state index contributed by atoms with van der Waals surface area (Å²) >= 11 is 3.34. The van der Waals surface area contributed by atoms with E-state index < -0.39 is 5.97 Å². The largest absolute Gasteiger partial charge is 0.497 e. The molecule has 0 spiro atoms. The number of hydrogen-bond acceptors (Lipinski definition) is 6. The number of Topliss-reactive ketones (excluding diaryl/α,β-unsaturated/α-hetero) is 1. The second kappa shape index (κ2) is 8.88. The van der Waals surface area contributed by atoms with Crippen molar-refractivity contribution in [2.24, 2.45) is 0 Å². The molecule has 0 amide bonds. The number of rotatable bonds is 5. The topological polar surface area (TPSA) is 71.1 Å². The van der Waals surface area contributed by atoms with Gasteiger partial charge in [-0.15, -0.1) is 0 Å². The Morgan fingerprint density at radius 1 is 0.969 bits per heavy atom. The standard InChI is InChI=1S/C25H19BrO6/c1-14-20(32-25(28)15-4-7-17(26)8-5-15)11-10-19-23(27)22(31-24(14)19)12-16-6-9-18(29-2)13-21(16)30-3/h4-13H,1-3H3/b22-12-. The van der Waals surface area contributed by atoms with E-state index in [1.807, 2.05) is 0 Å². The molecule has 0 atom stereocenters. The molecule has 0 radical (unpaired) electrons. The van der Waals surface area contributed by atoms with E-state index in [0.717, 1.165) is 4.47 Å². The van der Waals surface area contributed by atoms with Crippen LogP contribution in [0.2, 0.25) is 0 Å². The first-order valence-corrected chi connectivity index (χ1v) is 10.5. The van der Waals surface area contributed by atoms with Crippen LogP contribution < -0.4 is 18.9 Å². The van der Waals surface area contributed by atoms with E-state index in [4.69, 9.17) is 18.9 Å². The summed E-state index contributed by atoms with van der Waals surface area (Å²) in [4.78, 5) is 25.4. The predicted octanol–water partition coefficient (Wildman–Crippen LogP) is 5.61. The summed E-state index contributed by atoms with van der Waals surface area (Å²) in [5.74, 6) is 1.28. The van der Waals surface area contributed by atoms with Crippen LogP contribution in [0.4, 0.5) is 0 Å². The number of halogens is 1. The molecular weight excluding hydrogens is 476 g/mol. The molecule has 32 heavy (non-hydrogen) atoms.